The molecule has 0 aliphatic carbocycles. The van der Waals surface area contributed by atoms with E-state index in [-0.39, 0.29) is 18.5 Å². The van der Waals surface area contributed by atoms with Gasteiger partial charge in [-0.25, -0.2) is 0 Å². The molecule has 1 amide bonds. The average molecular weight is 554 g/mol. The second kappa shape index (κ2) is 16.9. The van der Waals surface area contributed by atoms with Crippen LogP contribution in [-0.4, -0.2) is 80.8 Å². The van der Waals surface area contributed by atoms with Crippen molar-refractivity contribution in [3.05, 3.63) is 53.6 Å². The molecule has 40 heavy (non-hydrogen) atoms. The van der Waals surface area contributed by atoms with Crippen LogP contribution in [0, 0.1) is 13.8 Å². The topological polar surface area (TPSA) is 80.3 Å². The lowest BCUT2D eigenvalue weighted by Crippen LogP contribution is -2.51. The molecule has 0 radical (unpaired) electrons. The van der Waals surface area contributed by atoms with Crippen molar-refractivity contribution >= 4 is 17.6 Å². The molecule has 0 saturated carbocycles. The van der Waals surface area contributed by atoms with Crippen molar-refractivity contribution in [3.8, 4) is 11.5 Å². The Balaban J connectivity index is 1.50. The minimum atomic E-state index is -0.396. The maximum atomic E-state index is 12.7. The Labute approximate surface area is 240 Å². The molecule has 8 heteroatoms. The third-order valence-electron chi connectivity index (χ3n) is 7.32. The predicted octanol–water partition coefficient (Wildman–Crippen LogP) is 5.22. The minimum absolute atomic E-state index is 0.00167. The van der Waals surface area contributed by atoms with E-state index in [4.69, 9.17) is 14.2 Å². The molecular weight excluding hydrogens is 506 g/mol. The number of hydrogen-bond acceptors (Lipinski definition) is 7. The maximum absolute atomic E-state index is 12.7. The Bertz CT molecular complexity index is 1050. The van der Waals surface area contributed by atoms with Crippen LogP contribution in [0.15, 0.2) is 42.5 Å². The number of carbonyl (C=O) groups excluding carboxylic acids is 2. The van der Waals surface area contributed by atoms with Crippen LogP contribution in [0.2, 0.25) is 0 Å². The highest BCUT2D eigenvalue weighted by Crippen LogP contribution is 2.26. The summed E-state index contributed by atoms with van der Waals surface area (Å²) in [5.74, 6) is 1.11. The van der Waals surface area contributed by atoms with Crippen LogP contribution in [0.3, 0.4) is 0 Å². The number of rotatable bonds is 16. The molecule has 1 heterocycles. The first-order valence-corrected chi connectivity index (χ1v) is 14.7. The highest BCUT2D eigenvalue weighted by molar-refractivity contribution is 5.93. The number of esters is 1. The average Bonchev–Trinajstić information content (AvgIpc) is 2.95. The minimum Gasteiger partial charge on any atom is -0.493 e. The number of para-hydroxylation sites is 3. The van der Waals surface area contributed by atoms with Crippen LogP contribution in [0.25, 0.3) is 0 Å². The Hall–Kier alpha value is -3.10. The molecule has 1 aliphatic heterocycles. The standard InChI is InChI=1S/C32H47N3O5/c1-5-6-7-8-9-17-31(37)40-27(24-39-29-16-11-10-15-28(29)38-4)22-34-18-20-35(21-19-34)23-30(36)33-32-25(2)13-12-14-26(32)3/h10-16,27H,5-9,17-24H2,1-4H3,(H,33,36). The number of carbonyl (C=O) groups is 2. The lowest BCUT2D eigenvalue weighted by Gasteiger charge is -2.36. The van der Waals surface area contributed by atoms with Crippen LogP contribution in [0.5, 0.6) is 11.5 Å². The molecule has 2 aromatic carbocycles. The number of unbranched alkanes of at least 4 members (excludes halogenated alkanes) is 4. The number of hydrogen-bond donors (Lipinski definition) is 1. The van der Waals surface area contributed by atoms with E-state index in [0.29, 0.717) is 31.0 Å². The van der Waals surface area contributed by atoms with Gasteiger partial charge in [-0.15, -0.1) is 0 Å². The molecule has 220 valence electrons. The lowest BCUT2D eigenvalue weighted by atomic mass is 10.1. The molecule has 3 rings (SSSR count). The first kappa shape index (κ1) is 31.4. The monoisotopic (exact) mass is 553 g/mol. The molecule has 2 aromatic rings. The summed E-state index contributed by atoms with van der Waals surface area (Å²) in [7, 11) is 1.61. The van der Waals surface area contributed by atoms with Gasteiger partial charge in [-0.2, -0.15) is 0 Å². The van der Waals surface area contributed by atoms with Gasteiger partial charge in [0.25, 0.3) is 0 Å². The Morgan fingerprint density at radius 3 is 2.20 bits per heavy atom. The van der Waals surface area contributed by atoms with E-state index in [1.807, 2.05) is 56.3 Å². The number of aryl methyl sites for hydroxylation is 2. The lowest BCUT2D eigenvalue weighted by molar-refractivity contribution is -0.152. The molecule has 1 N–H and O–H groups in total. The van der Waals surface area contributed by atoms with E-state index in [2.05, 4.69) is 22.0 Å². The van der Waals surface area contributed by atoms with Gasteiger partial charge < -0.3 is 19.5 Å². The fourth-order valence-corrected chi connectivity index (χ4v) is 4.97. The Kier molecular flexibility index (Phi) is 13.3. The van der Waals surface area contributed by atoms with Crippen molar-refractivity contribution in [2.24, 2.45) is 0 Å². The highest BCUT2D eigenvalue weighted by Gasteiger charge is 2.24. The number of anilines is 1. The largest absolute Gasteiger partial charge is 0.493 e. The van der Waals surface area contributed by atoms with Crippen LogP contribution in [0.1, 0.15) is 56.6 Å². The molecular formula is C32H47N3O5. The van der Waals surface area contributed by atoms with E-state index < -0.39 is 6.10 Å². The van der Waals surface area contributed by atoms with Gasteiger partial charge in [-0.3, -0.25) is 19.4 Å². The Morgan fingerprint density at radius 2 is 1.52 bits per heavy atom. The number of piperazine rings is 1. The zero-order valence-electron chi connectivity index (χ0n) is 24.7. The third-order valence-corrected chi connectivity index (χ3v) is 7.32. The third kappa shape index (κ3) is 10.5. The normalized spacial score (nSPS) is 14.9. The van der Waals surface area contributed by atoms with E-state index >= 15 is 0 Å². The zero-order chi connectivity index (χ0) is 28.7. The molecule has 1 fully saturated rings. The van der Waals surface area contributed by atoms with Crippen LogP contribution >= 0.6 is 0 Å². The number of nitrogens with zero attached hydrogens (tertiary/aromatic N) is 2. The van der Waals surface area contributed by atoms with Crippen molar-refractivity contribution in [2.45, 2.75) is 65.4 Å². The van der Waals surface area contributed by atoms with Crippen molar-refractivity contribution in [3.63, 3.8) is 0 Å². The molecule has 0 bridgehead atoms. The van der Waals surface area contributed by atoms with Gasteiger partial charge in [0.05, 0.1) is 13.7 Å². The zero-order valence-corrected chi connectivity index (χ0v) is 24.7. The first-order valence-electron chi connectivity index (χ1n) is 14.7. The second-order valence-corrected chi connectivity index (χ2v) is 10.6. The Morgan fingerprint density at radius 1 is 0.875 bits per heavy atom. The van der Waals surface area contributed by atoms with Crippen LogP contribution in [0.4, 0.5) is 5.69 Å². The van der Waals surface area contributed by atoms with E-state index in [1.165, 1.54) is 12.8 Å². The molecule has 0 spiro atoms. The predicted molar refractivity (Wildman–Crippen MR) is 159 cm³/mol. The van der Waals surface area contributed by atoms with Gasteiger partial charge in [0, 0.05) is 44.8 Å². The van der Waals surface area contributed by atoms with Crippen molar-refractivity contribution in [1.82, 2.24) is 9.80 Å². The summed E-state index contributed by atoms with van der Waals surface area (Å²) in [6, 6.07) is 13.5. The van der Waals surface area contributed by atoms with E-state index in [1.54, 1.807) is 7.11 Å². The molecule has 1 atom stereocenters. The van der Waals surface area contributed by atoms with Crippen molar-refractivity contribution < 1.29 is 23.8 Å². The molecule has 1 unspecified atom stereocenters. The van der Waals surface area contributed by atoms with Crippen molar-refractivity contribution in [2.75, 3.05) is 58.3 Å². The maximum Gasteiger partial charge on any atom is 0.306 e. The van der Waals surface area contributed by atoms with E-state index in [9.17, 15) is 9.59 Å². The molecule has 1 aliphatic rings. The van der Waals surface area contributed by atoms with Gasteiger partial charge in [0.2, 0.25) is 5.91 Å². The number of ether oxygens (including phenoxy) is 3. The number of amides is 1. The fourth-order valence-electron chi connectivity index (χ4n) is 4.97. The van der Waals surface area contributed by atoms with Gasteiger partial charge in [-0.1, -0.05) is 62.9 Å². The SMILES string of the molecule is CCCCCCCC(=O)OC(COc1ccccc1OC)CN1CCN(CC(=O)Nc2c(C)cccc2C)CC1. The van der Waals surface area contributed by atoms with Gasteiger partial charge in [0.1, 0.15) is 12.7 Å². The summed E-state index contributed by atoms with van der Waals surface area (Å²) in [6.07, 6.45) is 5.45. The van der Waals surface area contributed by atoms with Gasteiger partial charge in [0.15, 0.2) is 11.5 Å². The second-order valence-electron chi connectivity index (χ2n) is 10.6. The number of methoxy groups -OCH3 is 1. The first-order chi connectivity index (χ1) is 19.4. The summed E-state index contributed by atoms with van der Waals surface area (Å²) in [5.41, 5.74) is 3.03. The van der Waals surface area contributed by atoms with E-state index in [0.717, 1.165) is 62.3 Å². The summed E-state index contributed by atoms with van der Waals surface area (Å²) in [5, 5.41) is 3.08. The summed E-state index contributed by atoms with van der Waals surface area (Å²) >= 11 is 0. The number of benzene rings is 2. The fraction of sp³-hybridized carbons (Fsp3) is 0.562. The summed E-state index contributed by atoms with van der Waals surface area (Å²) < 4.78 is 17.4. The van der Waals surface area contributed by atoms with Crippen LogP contribution < -0.4 is 14.8 Å². The molecule has 0 aromatic heterocycles. The quantitative estimate of drug-likeness (QED) is 0.226. The van der Waals surface area contributed by atoms with Crippen LogP contribution in [-0.2, 0) is 14.3 Å². The molecule has 8 nitrogen and oxygen atoms in total. The number of nitrogens with one attached hydrogen (secondary N) is 1. The van der Waals surface area contributed by atoms with Crippen molar-refractivity contribution in [1.29, 1.82) is 0 Å². The summed E-state index contributed by atoms with van der Waals surface area (Å²) in [6.45, 7) is 10.5. The molecule has 1 saturated heterocycles. The highest BCUT2D eigenvalue weighted by atomic mass is 16.6. The summed E-state index contributed by atoms with van der Waals surface area (Å²) in [4.78, 5) is 29.8. The smallest absolute Gasteiger partial charge is 0.306 e. The van der Waals surface area contributed by atoms with Gasteiger partial charge in [-0.05, 0) is 43.5 Å². The van der Waals surface area contributed by atoms with Gasteiger partial charge >= 0.3 is 5.97 Å².